The van der Waals surface area contributed by atoms with Crippen molar-refractivity contribution in [3.8, 4) is 0 Å². The van der Waals surface area contributed by atoms with Crippen LogP contribution in [0, 0.1) is 10.1 Å². The molecule has 1 atom stereocenters. The van der Waals surface area contributed by atoms with Gasteiger partial charge in [0.05, 0.1) is 23.3 Å². The highest BCUT2D eigenvalue weighted by Crippen LogP contribution is 2.21. The highest BCUT2D eigenvalue weighted by molar-refractivity contribution is 8.00. The Kier molecular flexibility index (Phi) is 5.78. The number of likely N-dealkylation sites (N-methyl/N-ethyl adjacent to an activating group) is 1. The maximum atomic E-state index is 11.8. The summed E-state index contributed by atoms with van der Waals surface area (Å²) in [6.07, 6.45) is 0. The summed E-state index contributed by atoms with van der Waals surface area (Å²) in [4.78, 5) is 24.1. The Balaban J connectivity index is 2.52. The van der Waals surface area contributed by atoms with Gasteiger partial charge in [-0.05, 0) is 19.1 Å². The second-order valence-corrected chi connectivity index (χ2v) is 5.12. The van der Waals surface area contributed by atoms with Crippen LogP contribution in [0.15, 0.2) is 29.2 Å². The van der Waals surface area contributed by atoms with E-state index in [9.17, 15) is 14.9 Å². The SMILES string of the molecule is CC(CO)N(C)C(=O)CSc1ccc([N+](=O)[O-])cc1. The van der Waals surface area contributed by atoms with Crippen LogP contribution in [-0.4, -0.2) is 46.3 Å². The third kappa shape index (κ3) is 4.53. The molecule has 0 radical (unpaired) electrons. The Hall–Kier alpha value is -1.60. The Morgan fingerprint density at radius 1 is 1.47 bits per heavy atom. The zero-order valence-electron chi connectivity index (χ0n) is 10.8. The molecule has 0 fully saturated rings. The largest absolute Gasteiger partial charge is 0.394 e. The monoisotopic (exact) mass is 284 g/mol. The molecule has 1 N–H and O–H groups in total. The quantitative estimate of drug-likeness (QED) is 0.486. The lowest BCUT2D eigenvalue weighted by Gasteiger charge is -2.22. The minimum Gasteiger partial charge on any atom is -0.394 e. The number of carbonyl (C=O) groups is 1. The number of non-ortho nitro benzene ring substituents is 1. The Morgan fingerprint density at radius 3 is 2.53 bits per heavy atom. The number of aliphatic hydroxyl groups excluding tert-OH is 1. The van der Waals surface area contributed by atoms with Gasteiger partial charge in [-0.25, -0.2) is 0 Å². The van der Waals surface area contributed by atoms with E-state index in [4.69, 9.17) is 5.11 Å². The molecule has 1 aromatic rings. The van der Waals surface area contributed by atoms with Crippen LogP contribution in [-0.2, 0) is 4.79 Å². The normalized spacial score (nSPS) is 11.9. The molecule has 7 heteroatoms. The van der Waals surface area contributed by atoms with Gasteiger partial charge < -0.3 is 10.0 Å². The van der Waals surface area contributed by atoms with Crippen LogP contribution in [0.1, 0.15) is 6.92 Å². The van der Waals surface area contributed by atoms with E-state index in [1.807, 2.05) is 0 Å². The molecule has 0 bridgehead atoms. The van der Waals surface area contributed by atoms with Crippen molar-refractivity contribution >= 4 is 23.4 Å². The van der Waals surface area contributed by atoms with Gasteiger partial charge in [0.1, 0.15) is 0 Å². The van der Waals surface area contributed by atoms with Gasteiger partial charge in [0.15, 0.2) is 0 Å². The van der Waals surface area contributed by atoms with Gasteiger partial charge in [-0.1, -0.05) is 0 Å². The number of thioether (sulfide) groups is 1. The first-order chi connectivity index (χ1) is 8.95. The van der Waals surface area contributed by atoms with E-state index in [1.54, 1.807) is 26.1 Å². The Bertz CT molecular complexity index is 450. The molecule has 104 valence electrons. The van der Waals surface area contributed by atoms with E-state index in [0.717, 1.165) is 4.90 Å². The van der Waals surface area contributed by atoms with Gasteiger partial charge in [0, 0.05) is 24.1 Å². The smallest absolute Gasteiger partial charge is 0.269 e. The van der Waals surface area contributed by atoms with Gasteiger partial charge in [0.2, 0.25) is 5.91 Å². The summed E-state index contributed by atoms with van der Waals surface area (Å²) >= 11 is 1.31. The molecular weight excluding hydrogens is 268 g/mol. The number of nitrogens with zero attached hydrogens (tertiary/aromatic N) is 2. The number of hydrogen-bond donors (Lipinski definition) is 1. The molecule has 0 aliphatic rings. The molecule has 0 spiro atoms. The maximum Gasteiger partial charge on any atom is 0.269 e. The molecule has 0 heterocycles. The van der Waals surface area contributed by atoms with Crippen LogP contribution < -0.4 is 0 Å². The number of rotatable bonds is 6. The molecule has 1 aromatic carbocycles. The number of carbonyl (C=O) groups excluding carboxylic acids is 1. The fourth-order valence-corrected chi connectivity index (χ4v) is 2.10. The molecule has 1 amide bonds. The molecular formula is C12H16N2O4S. The van der Waals surface area contributed by atoms with E-state index in [2.05, 4.69) is 0 Å². The molecule has 0 aliphatic heterocycles. The molecule has 0 saturated heterocycles. The van der Waals surface area contributed by atoms with Gasteiger partial charge in [-0.3, -0.25) is 14.9 Å². The molecule has 1 rings (SSSR count). The van der Waals surface area contributed by atoms with E-state index in [-0.39, 0.29) is 30.0 Å². The number of nitro benzene ring substituents is 1. The van der Waals surface area contributed by atoms with Crippen molar-refractivity contribution in [2.75, 3.05) is 19.4 Å². The first-order valence-electron chi connectivity index (χ1n) is 5.69. The van der Waals surface area contributed by atoms with Crippen molar-refractivity contribution in [3.05, 3.63) is 34.4 Å². The van der Waals surface area contributed by atoms with Crippen LogP contribution in [0.3, 0.4) is 0 Å². The first kappa shape index (κ1) is 15.5. The summed E-state index contributed by atoms with van der Waals surface area (Å²) in [5.74, 6) is 0.142. The third-order valence-electron chi connectivity index (χ3n) is 2.73. The topological polar surface area (TPSA) is 83.7 Å². The minimum atomic E-state index is -0.462. The maximum absolute atomic E-state index is 11.8. The number of amides is 1. The summed E-state index contributed by atoms with van der Waals surface area (Å²) in [6, 6.07) is 5.83. The fourth-order valence-electron chi connectivity index (χ4n) is 1.28. The number of aliphatic hydroxyl groups is 1. The fraction of sp³-hybridized carbons (Fsp3) is 0.417. The second kappa shape index (κ2) is 7.10. The summed E-state index contributed by atoms with van der Waals surface area (Å²) in [7, 11) is 1.64. The minimum absolute atomic E-state index is 0.0293. The molecule has 1 unspecified atom stereocenters. The standard InChI is InChI=1S/C12H16N2O4S/c1-9(7-15)13(2)12(16)8-19-11-5-3-10(4-6-11)14(17)18/h3-6,9,15H,7-8H2,1-2H3. The van der Waals surface area contributed by atoms with Gasteiger partial charge >= 0.3 is 0 Å². The number of nitro groups is 1. The molecule has 0 aromatic heterocycles. The predicted molar refractivity (Wildman–Crippen MR) is 73.1 cm³/mol. The van der Waals surface area contributed by atoms with E-state index in [1.165, 1.54) is 28.8 Å². The van der Waals surface area contributed by atoms with Gasteiger partial charge in [0.25, 0.3) is 5.69 Å². The average Bonchev–Trinajstić information content (AvgIpc) is 2.43. The average molecular weight is 284 g/mol. The molecule has 0 saturated carbocycles. The highest BCUT2D eigenvalue weighted by atomic mass is 32.2. The highest BCUT2D eigenvalue weighted by Gasteiger charge is 2.15. The third-order valence-corrected chi connectivity index (χ3v) is 3.73. The van der Waals surface area contributed by atoms with Crippen molar-refractivity contribution in [2.24, 2.45) is 0 Å². The summed E-state index contributed by atoms with van der Waals surface area (Å²) in [5, 5.41) is 19.4. The number of hydrogen-bond acceptors (Lipinski definition) is 5. The van der Waals surface area contributed by atoms with E-state index < -0.39 is 4.92 Å². The van der Waals surface area contributed by atoms with Crippen molar-refractivity contribution in [1.82, 2.24) is 4.90 Å². The van der Waals surface area contributed by atoms with Crippen LogP contribution in [0.4, 0.5) is 5.69 Å². The van der Waals surface area contributed by atoms with Crippen molar-refractivity contribution in [3.63, 3.8) is 0 Å². The van der Waals surface area contributed by atoms with E-state index >= 15 is 0 Å². The predicted octanol–water partition coefficient (Wildman–Crippen LogP) is 1.53. The molecule has 0 aliphatic carbocycles. The zero-order chi connectivity index (χ0) is 14.4. The van der Waals surface area contributed by atoms with Crippen molar-refractivity contribution in [1.29, 1.82) is 0 Å². The lowest BCUT2D eigenvalue weighted by molar-refractivity contribution is -0.384. The van der Waals surface area contributed by atoms with Crippen LogP contribution in [0.2, 0.25) is 0 Å². The van der Waals surface area contributed by atoms with Crippen molar-refractivity contribution in [2.45, 2.75) is 17.9 Å². The summed E-state index contributed by atoms with van der Waals surface area (Å²) < 4.78 is 0. The lowest BCUT2D eigenvalue weighted by Crippen LogP contribution is -2.38. The zero-order valence-corrected chi connectivity index (χ0v) is 11.6. The summed E-state index contributed by atoms with van der Waals surface area (Å²) in [5.41, 5.74) is 0.0293. The van der Waals surface area contributed by atoms with E-state index in [0.29, 0.717) is 0 Å². The van der Waals surface area contributed by atoms with Crippen LogP contribution in [0.5, 0.6) is 0 Å². The van der Waals surface area contributed by atoms with Crippen LogP contribution >= 0.6 is 11.8 Å². The number of benzene rings is 1. The summed E-state index contributed by atoms with van der Waals surface area (Å²) in [6.45, 7) is 1.68. The Morgan fingerprint density at radius 2 is 2.05 bits per heavy atom. The van der Waals surface area contributed by atoms with Crippen LogP contribution in [0.25, 0.3) is 0 Å². The van der Waals surface area contributed by atoms with Gasteiger partial charge in [-0.2, -0.15) is 0 Å². The molecule has 6 nitrogen and oxygen atoms in total. The second-order valence-electron chi connectivity index (χ2n) is 4.08. The van der Waals surface area contributed by atoms with Crippen molar-refractivity contribution < 1.29 is 14.8 Å². The first-order valence-corrected chi connectivity index (χ1v) is 6.68. The van der Waals surface area contributed by atoms with Gasteiger partial charge in [-0.15, -0.1) is 11.8 Å². The molecule has 19 heavy (non-hydrogen) atoms. The Labute approximate surface area is 115 Å². The lowest BCUT2D eigenvalue weighted by atomic mass is 10.3.